The third-order valence-electron chi connectivity index (χ3n) is 3.57. The van der Waals surface area contributed by atoms with Crippen molar-refractivity contribution >= 4 is 50.0 Å². The summed E-state index contributed by atoms with van der Waals surface area (Å²) in [5.41, 5.74) is 0. The molecule has 0 spiro atoms. The lowest BCUT2D eigenvalue weighted by molar-refractivity contribution is 0.457. The van der Waals surface area contributed by atoms with E-state index < -0.39 is 0 Å². The molecule has 0 bridgehead atoms. The van der Waals surface area contributed by atoms with Crippen molar-refractivity contribution in [3.05, 3.63) is 54.6 Å². The number of rotatable bonds is 2. The molecule has 0 radical (unpaired) electrons. The maximum atomic E-state index is 9.07. The topological polar surface area (TPSA) is 29.5 Å². The number of hydrogen-bond acceptors (Lipinski definition) is 3. The second-order valence-corrected chi connectivity index (χ2v) is 5.75. The highest BCUT2D eigenvalue weighted by molar-refractivity contribution is 7.26. The Balaban J connectivity index is 2.24. The molecule has 0 saturated carbocycles. The molecule has 2 nitrogen and oxygen atoms in total. The van der Waals surface area contributed by atoms with Gasteiger partial charge in [-0.1, -0.05) is 42.5 Å². The van der Waals surface area contributed by atoms with Crippen LogP contribution in [0.2, 0.25) is 0 Å². The van der Waals surface area contributed by atoms with Crippen LogP contribution >= 0.6 is 11.3 Å². The van der Waals surface area contributed by atoms with Crippen molar-refractivity contribution in [2.75, 3.05) is 0 Å². The molecule has 0 amide bonds. The van der Waals surface area contributed by atoms with E-state index in [9.17, 15) is 0 Å². The summed E-state index contributed by atoms with van der Waals surface area (Å²) < 4.78 is 7.85. The van der Waals surface area contributed by atoms with Crippen LogP contribution in [0.1, 0.15) is 0 Å². The zero-order valence-corrected chi connectivity index (χ0v) is 11.5. The monoisotopic (exact) mass is 278 g/mol. The minimum absolute atomic E-state index is 0.305. The fourth-order valence-corrected chi connectivity index (χ4v) is 3.90. The molecule has 1 aromatic heterocycles. The lowest BCUT2D eigenvalue weighted by Gasteiger charge is -2.08. The minimum Gasteiger partial charge on any atom is -0.538 e. The smallest absolute Gasteiger partial charge is 0.504 e. The molecule has 0 atom stereocenters. The molecular weight excluding hydrogens is 267 g/mol. The molecule has 4 aromatic rings. The van der Waals surface area contributed by atoms with Crippen LogP contribution in [0.25, 0.3) is 30.9 Å². The molecule has 1 N–H and O–H groups in total. The third kappa shape index (κ3) is 1.62. The molecule has 0 unspecified atom stereocenters. The van der Waals surface area contributed by atoms with E-state index in [1.807, 2.05) is 24.3 Å². The molecule has 0 aliphatic heterocycles. The first-order valence-corrected chi connectivity index (χ1v) is 7.27. The van der Waals surface area contributed by atoms with Crippen molar-refractivity contribution in [3.63, 3.8) is 0 Å². The molecule has 3 aromatic carbocycles. The average Bonchev–Trinajstić information content (AvgIpc) is 2.86. The quantitative estimate of drug-likeness (QED) is 0.564. The van der Waals surface area contributed by atoms with E-state index in [1.165, 1.54) is 25.6 Å². The van der Waals surface area contributed by atoms with Gasteiger partial charge in [0.25, 0.3) is 0 Å². The molecule has 0 fully saturated rings. The third-order valence-corrected chi connectivity index (χ3v) is 4.68. The summed E-state index contributed by atoms with van der Waals surface area (Å²) in [5.74, 6) is 0.738. The van der Waals surface area contributed by atoms with Crippen LogP contribution in [0.5, 0.6) is 5.75 Å². The number of fused-ring (bicyclic) bond motifs is 5. The highest BCUT2D eigenvalue weighted by Gasteiger charge is 2.12. The molecule has 4 heteroatoms. The largest absolute Gasteiger partial charge is 0.538 e. The highest BCUT2D eigenvalue weighted by Crippen LogP contribution is 2.41. The summed E-state index contributed by atoms with van der Waals surface area (Å²) in [6.07, 6.45) is 0. The number of hydrogen-bond donors (Lipinski definition) is 1. The van der Waals surface area contributed by atoms with Crippen LogP contribution in [-0.4, -0.2) is 12.7 Å². The van der Waals surface area contributed by atoms with Crippen LogP contribution in [0.15, 0.2) is 54.6 Å². The first kappa shape index (κ1) is 11.8. The van der Waals surface area contributed by atoms with Crippen LogP contribution < -0.4 is 4.65 Å². The first-order valence-electron chi connectivity index (χ1n) is 6.45. The molecular formula is C16H11BO2S. The fourth-order valence-electron chi connectivity index (χ4n) is 2.75. The zero-order chi connectivity index (χ0) is 13.5. The predicted octanol–water partition coefficient (Wildman–Crippen LogP) is 3.85. The molecule has 1 heterocycles. The van der Waals surface area contributed by atoms with Crippen molar-refractivity contribution in [2.24, 2.45) is 0 Å². The molecule has 0 saturated heterocycles. The van der Waals surface area contributed by atoms with Crippen molar-refractivity contribution < 1.29 is 9.68 Å². The van der Waals surface area contributed by atoms with Gasteiger partial charge in [0.05, 0.1) is 0 Å². The van der Waals surface area contributed by atoms with Gasteiger partial charge in [-0.15, -0.1) is 11.3 Å². The van der Waals surface area contributed by atoms with Crippen molar-refractivity contribution in [1.29, 1.82) is 0 Å². The average molecular weight is 278 g/mol. The Bertz CT molecular complexity index is 930. The first-order chi connectivity index (χ1) is 9.88. The highest BCUT2D eigenvalue weighted by atomic mass is 32.1. The molecule has 96 valence electrons. The van der Waals surface area contributed by atoms with Crippen LogP contribution in [-0.2, 0) is 0 Å². The summed E-state index contributed by atoms with van der Waals surface area (Å²) >= 11 is 1.75. The van der Waals surface area contributed by atoms with E-state index in [-0.39, 0.29) is 7.69 Å². The van der Waals surface area contributed by atoms with Crippen molar-refractivity contribution in [3.8, 4) is 5.75 Å². The van der Waals surface area contributed by atoms with Gasteiger partial charge in [0.1, 0.15) is 5.75 Å². The van der Waals surface area contributed by atoms with Gasteiger partial charge in [-0.25, -0.2) is 0 Å². The van der Waals surface area contributed by atoms with E-state index in [0.717, 1.165) is 11.1 Å². The van der Waals surface area contributed by atoms with Crippen LogP contribution in [0.4, 0.5) is 0 Å². The van der Waals surface area contributed by atoms with Gasteiger partial charge in [0.2, 0.25) is 0 Å². The Morgan fingerprint density at radius 3 is 2.35 bits per heavy atom. The molecule has 20 heavy (non-hydrogen) atoms. The fraction of sp³-hybridized carbons (Fsp3) is 0. The van der Waals surface area contributed by atoms with Gasteiger partial charge in [-0.2, -0.15) is 0 Å². The summed E-state index contributed by atoms with van der Waals surface area (Å²) in [6, 6.07) is 18.6. The number of benzene rings is 3. The van der Waals surface area contributed by atoms with Crippen molar-refractivity contribution in [1.82, 2.24) is 0 Å². The number of thiophene rings is 1. The Morgan fingerprint density at radius 2 is 1.55 bits per heavy atom. The zero-order valence-electron chi connectivity index (χ0n) is 10.7. The predicted molar refractivity (Wildman–Crippen MR) is 86.8 cm³/mol. The lowest BCUT2D eigenvalue weighted by Crippen LogP contribution is -2.00. The van der Waals surface area contributed by atoms with E-state index >= 15 is 0 Å². The second-order valence-electron chi connectivity index (χ2n) is 4.67. The Hall–Kier alpha value is -2.04. The van der Waals surface area contributed by atoms with Crippen LogP contribution in [0.3, 0.4) is 0 Å². The van der Waals surface area contributed by atoms with E-state index in [0.29, 0.717) is 0 Å². The van der Waals surface area contributed by atoms with Gasteiger partial charge in [-0.05, 0) is 17.5 Å². The van der Waals surface area contributed by atoms with Gasteiger partial charge in [0.15, 0.2) is 0 Å². The summed E-state index contributed by atoms with van der Waals surface area (Å²) in [5, 5.41) is 13.8. The Morgan fingerprint density at radius 1 is 0.850 bits per heavy atom. The Labute approximate surface area is 120 Å². The Kier molecular flexibility index (Phi) is 2.65. The van der Waals surface area contributed by atoms with Gasteiger partial charge >= 0.3 is 7.69 Å². The summed E-state index contributed by atoms with van der Waals surface area (Å²) in [6.45, 7) is 0. The van der Waals surface area contributed by atoms with Gasteiger partial charge in [0, 0.05) is 25.6 Å². The maximum absolute atomic E-state index is 9.07. The maximum Gasteiger partial charge on any atom is 0.504 e. The molecule has 0 aliphatic carbocycles. The van der Waals surface area contributed by atoms with Crippen LogP contribution in [0, 0.1) is 0 Å². The SMILES string of the molecule is OBOc1cc2sc3ccccc3c2c2ccccc12. The van der Waals surface area contributed by atoms with Crippen molar-refractivity contribution in [2.45, 2.75) is 0 Å². The van der Waals surface area contributed by atoms with E-state index in [2.05, 4.69) is 30.3 Å². The van der Waals surface area contributed by atoms with Gasteiger partial charge in [-0.3, -0.25) is 0 Å². The summed E-state index contributed by atoms with van der Waals surface area (Å²) in [7, 11) is -0.305. The van der Waals surface area contributed by atoms with Gasteiger partial charge < -0.3 is 9.68 Å². The van der Waals surface area contributed by atoms with E-state index in [1.54, 1.807) is 11.3 Å². The molecule has 0 aliphatic rings. The lowest BCUT2D eigenvalue weighted by atomic mass is 10.0. The van der Waals surface area contributed by atoms with E-state index in [4.69, 9.17) is 9.68 Å². The normalized spacial score (nSPS) is 11.2. The molecule has 4 rings (SSSR count). The minimum atomic E-state index is -0.305. The standard InChI is InChI=1S/C16H11BO2S/c18-17-19-13-9-15-16(11-6-2-1-5-10(11)13)12-7-3-4-8-14(12)20-15/h1-9,17-18H. The second kappa shape index (κ2) is 4.51. The summed E-state index contributed by atoms with van der Waals surface area (Å²) in [4.78, 5) is 0.